The Balaban J connectivity index is 1.43. The van der Waals surface area contributed by atoms with Crippen molar-refractivity contribution >= 4 is 18.1 Å². The van der Waals surface area contributed by atoms with Crippen LogP contribution < -0.4 is 0 Å². The van der Waals surface area contributed by atoms with E-state index >= 15 is 0 Å². The minimum atomic E-state index is -0.930. The van der Waals surface area contributed by atoms with Crippen molar-refractivity contribution in [1.82, 2.24) is 0 Å². The van der Waals surface area contributed by atoms with Crippen molar-refractivity contribution in [2.24, 2.45) is 17.8 Å². The third kappa shape index (κ3) is 2.94. The largest absolute Gasteiger partial charge is 0.508 e. The summed E-state index contributed by atoms with van der Waals surface area (Å²) in [5.74, 6) is 2.00. The summed E-state index contributed by atoms with van der Waals surface area (Å²) in [6.07, 6.45) is 11.6. The molecule has 0 heterocycles. The Morgan fingerprint density at radius 2 is 1.57 bits per heavy atom. The molecule has 4 bridgehead atoms. The van der Waals surface area contributed by atoms with Crippen LogP contribution in [0.4, 0.5) is 0 Å². The Bertz CT molecular complexity index is 921. The molecule has 0 aliphatic heterocycles. The fourth-order valence-corrected chi connectivity index (χ4v) is 6.56. The van der Waals surface area contributed by atoms with Gasteiger partial charge in [0, 0.05) is 5.56 Å². The Morgan fingerprint density at radius 1 is 0.929 bits per heavy atom. The number of benzene rings is 2. The molecule has 4 aliphatic carbocycles. The second kappa shape index (κ2) is 6.51. The van der Waals surface area contributed by atoms with E-state index in [0.717, 1.165) is 28.9 Å². The van der Waals surface area contributed by atoms with Crippen LogP contribution in [0.2, 0.25) is 0 Å². The number of hydrogen-bond acceptors (Lipinski definition) is 2. The molecule has 0 saturated heterocycles. The molecule has 4 saturated carbocycles. The third-order valence-corrected chi connectivity index (χ3v) is 7.28. The number of phenols is 1. The van der Waals surface area contributed by atoms with Gasteiger partial charge in [0.05, 0.1) is 5.56 Å². The lowest BCUT2D eigenvalue weighted by atomic mass is 9.48. The van der Waals surface area contributed by atoms with Crippen molar-refractivity contribution in [2.45, 2.75) is 43.9 Å². The van der Waals surface area contributed by atoms with E-state index in [1.54, 1.807) is 18.2 Å². The Hall–Kier alpha value is -2.55. The number of carbonyl (C=O) groups is 1. The summed E-state index contributed by atoms with van der Waals surface area (Å²) in [5, 5.41) is 20.2. The molecule has 144 valence electrons. The Kier molecular flexibility index (Phi) is 4.08. The lowest BCUT2D eigenvalue weighted by molar-refractivity contribution is -0.00613. The van der Waals surface area contributed by atoms with Gasteiger partial charge in [-0.25, -0.2) is 4.79 Å². The van der Waals surface area contributed by atoms with Gasteiger partial charge in [0.25, 0.3) is 0 Å². The van der Waals surface area contributed by atoms with Gasteiger partial charge in [0.2, 0.25) is 0 Å². The van der Waals surface area contributed by atoms with Crippen LogP contribution in [0.5, 0.6) is 5.75 Å². The van der Waals surface area contributed by atoms with Gasteiger partial charge in [-0.05, 0) is 85.0 Å². The maximum absolute atomic E-state index is 11.4. The first kappa shape index (κ1) is 17.5. The molecule has 2 N–H and O–H groups in total. The molecule has 4 fully saturated rings. The van der Waals surface area contributed by atoms with Crippen molar-refractivity contribution in [2.75, 3.05) is 0 Å². The Morgan fingerprint density at radius 3 is 2.18 bits per heavy atom. The molecule has 0 radical (unpaired) electrons. The number of phenolic OH excluding ortho intramolecular Hbond substituents is 1. The van der Waals surface area contributed by atoms with E-state index in [2.05, 4.69) is 12.1 Å². The fraction of sp³-hybridized carbons (Fsp3) is 0.400. The first-order valence-electron chi connectivity index (χ1n) is 10.4. The summed E-state index contributed by atoms with van der Waals surface area (Å²) in [4.78, 5) is 11.4. The molecule has 3 heteroatoms. The van der Waals surface area contributed by atoms with Crippen molar-refractivity contribution in [1.29, 1.82) is 0 Å². The molecule has 28 heavy (non-hydrogen) atoms. The summed E-state index contributed by atoms with van der Waals surface area (Å²) >= 11 is 0. The van der Waals surface area contributed by atoms with Gasteiger partial charge in [-0.2, -0.15) is 0 Å². The van der Waals surface area contributed by atoms with Gasteiger partial charge in [-0.3, -0.25) is 0 Å². The SMILES string of the molecule is O=C(O)c1ccccc1C=Cc1ccc(C23CC4CC(CC(C4)C2)C3)c(O)c1. The molecule has 4 aliphatic rings. The number of carboxylic acids is 1. The number of aromatic carboxylic acids is 1. The minimum Gasteiger partial charge on any atom is -0.508 e. The predicted molar refractivity (Wildman–Crippen MR) is 110 cm³/mol. The molecule has 0 atom stereocenters. The van der Waals surface area contributed by atoms with Crippen molar-refractivity contribution in [3.05, 3.63) is 64.7 Å². The lowest BCUT2D eigenvalue weighted by Gasteiger charge is -2.57. The van der Waals surface area contributed by atoms with E-state index in [9.17, 15) is 15.0 Å². The summed E-state index contributed by atoms with van der Waals surface area (Å²) in [7, 11) is 0. The molecule has 2 aromatic rings. The molecule has 3 nitrogen and oxygen atoms in total. The highest BCUT2D eigenvalue weighted by Gasteiger charge is 2.52. The smallest absolute Gasteiger partial charge is 0.336 e. The van der Waals surface area contributed by atoms with Crippen LogP contribution in [0.1, 0.15) is 65.6 Å². The maximum atomic E-state index is 11.4. The maximum Gasteiger partial charge on any atom is 0.336 e. The zero-order valence-electron chi connectivity index (χ0n) is 16.0. The van der Waals surface area contributed by atoms with Crippen LogP contribution in [-0.2, 0) is 5.41 Å². The van der Waals surface area contributed by atoms with E-state index in [1.807, 2.05) is 24.3 Å². The van der Waals surface area contributed by atoms with Gasteiger partial charge < -0.3 is 10.2 Å². The average molecular weight is 374 g/mol. The zero-order valence-corrected chi connectivity index (χ0v) is 16.0. The average Bonchev–Trinajstić information content (AvgIpc) is 2.65. The summed E-state index contributed by atoms with van der Waals surface area (Å²) in [5.41, 5.74) is 3.16. The van der Waals surface area contributed by atoms with Crippen LogP contribution in [0, 0.1) is 17.8 Å². The Labute approximate surface area is 165 Å². The van der Waals surface area contributed by atoms with E-state index < -0.39 is 5.97 Å². The quantitative estimate of drug-likeness (QED) is 0.672. The predicted octanol–water partition coefficient (Wildman–Crippen LogP) is 5.73. The summed E-state index contributed by atoms with van der Waals surface area (Å²) < 4.78 is 0. The van der Waals surface area contributed by atoms with Gasteiger partial charge in [-0.1, -0.05) is 42.5 Å². The number of rotatable bonds is 4. The fourth-order valence-electron chi connectivity index (χ4n) is 6.56. The number of hydrogen-bond donors (Lipinski definition) is 2. The molecule has 0 spiro atoms. The van der Waals surface area contributed by atoms with E-state index in [0.29, 0.717) is 11.3 Å². The van der Waals surface area contributed by atoms with Gasteiger partial charge in [-0.15, -0.1) is 0 Å². The third-order valence-electron chi connectivity index (χ3n) is 7.28. The van der Waals surface area contributed by atoms with E-state index in [-0.39, 0.29) is 11.0 Å². The standard InChI is InChI=1S/C25H26O3/c26-23-12-16(5-7-20-3-1-2-4-21(20)24(27)28)6-8-22(23)25-13-17-9-18(14-25)11-19(10-17)15-25/h1-8,12,17-19,26H,9-11,13-15H2,(H,27,28). The van der Waals surface area contributed by atoms with Gasteiger partial charge in [0.1, 0.15) is 5.75 Å². The van der Waals surface area contributed by atoms with Crippen LogP contribution in [0.15, 0.2) is 42.5 Å². The first-order chi connectivity index (χ1) is 13.5. The van der Waals surface area contributed by atoms with Gasteiger partial charge in [0.15, 0.2) is 0 Å². The number of carboxylic acid groups (broad SMARTS) is 1. The van der Waals surface area contributed by atoms with Crippen molar-refractivity contribution in [3.8, 4) is 5.75 Å². The summed E-state index contributed by atoms with van der Waals surface area (Å²) in [6.45, 7) is 0. The van der Waals surface area contributed by atoms with E-state index in [4.69, 9.17) is 0 Å². The monoisotopic (exact) mass is 374 g/mol. The molecule has 2 aromatic carbocycles. The van der Waals surface area contributed by atoms with Crippen LogP contribution in [-0.4, -0.2) is 16.2 Å². The molecule has 0 amide bonds. The molecule has 0 unspecified atom stereocenters. The highest BCUT2D eigenvalue weighted by molar-refractivity contribution is 5.93. The lowest BCUT2D eigenvalue weighted by Crippen LogP contribution is -2.48. The van der Waals surface area contributed by atoms with Crippen LogP contribution in [0.3, 0.4) is 0 Å². The number of aromatic hydroxyl groups is 1. The normalized spacial score (nSPS) is 30.8. The highest BCUT2D eigenvalue weighted by atomic mass is 16.4. The molecule has 0 aromatic heterocycles. The van der Waals surface area contributed by atoms with Crippen molar-refractivity contribution < 1.29 is 15.0 Å². The molecular weight excluding hydrogens is 348 g/mol. The van der Waals surface area contributed by atoms with Crippen LogP contribution in [0.25, 0.3) is 12.2 Å². The van der Waals surface area contributed by atoms with Crippen LogP contribution >= 0.6 is 0 Å². The molecule has 6 rings (SSSR count). The van der Waals surface area contributed by atoms with Gasteiger partial charge >= 0.3 is 5.97 Å². The highest BCUT2D eigenvalue weighted by Crippen LogP contribution is 2.61. The topological polar surface area (TPSA) is 57.5 Å². The minimum absolute atomic E-state index is 0.178. The van der Waals surface area contributed by atoms with Crippen molar-refractivity contribution in [3.63, 3.8) is 0 Å². The van der Waals surface area contributed by atoms with E-state index in [1.165, 1.54) is 38.5 Å². The zero-order chi connectivity index (χ0) is 19.3. The second-order valence-corrected chi connectivity index (χ2v) is 9.20. The molecular formula is C25H26O3. The first-order valence-corrected chi connectivity index (χ1v) is 10.4. The second-order valence-electron chi connectivity index (χ2n) is 9.20. The summed E-state index contributed by atoms with van der Waals surface area (Å²) in [6, 6.07) is 13.0.